The number of anilines is 1. The maximum atomic E-state index is 14.0. The number of nitrogens with two attached hydrogens (primary N) is 1. The van der Waals surface area contributed by atoms with E-state index in [1.165, 1.54) is 24.9 Å². The van der Waals surface area contributed by atoms with Gasteiger partial charge in [-0.3, -0.25) is 18.4 Å². The van der Waals surface area contributed by atoms with Crippen molar-refractivity contribution in [2.45, 2.75) is 97.2 Å². The monoisotopic (exact) mass is 646 g/mol. The van der Waals surface area contributed by atoms with E-state index in [9.17, 15) is 24.4 Å². The summed E-state index contributed by atoms with van der Waals surface area (Å²) in [6.07, 6.45) is -3.54. The van der Waals surface area contributed by atoms with Gasteiger partial charge in [0.1, 0.15) is 23.9 Å². The number of methoxy groups -OCH3 is 1. The third kappa shape index (κ3) is 8.62. The largest absolute Gasteiger partial charge is 0.479 e. The van der Waals surface area contributed by atoms with Crippen LogP contribution in [-0.2, 0) is 37.4 Å². The molecular formula is C26H43N6O11P. The molecule has 248 valence electrons. The van der Waals surface area contributed by atoms with Crippen molar-refractivity contribution in [3.63, 3.8) is 0 Å². The number of nitrogens with zero attached hydrogens (tertiary/aromatic N) is 4. The topological polar surface area (TPSA) is 229 Å². The zero-order valence-electron chi connectivity index (χ0n) is 26.1. The fourth-order valence-corrected chi connectivity index (χ4v) is 5.93. The average molecular weight is 647 g/mol. The van der Waals surface area contributed by atoms with Crippen LogP contribution < -0.4 is 15.6 Å². The van der Waals surface area contributed by atoms with E-state index in [4.69, 9.17) is 33.7 Å². The summed E-state index contributed by atoms with van der Waals surface area (Å²) in [5.41, 5.74) is 4.26. The number of hydrogen-bond donors (Lipinski definition) is 4. The Kier molecular flexibility index (Phi) is 11.7. The van der Waals surface area contributed by atoms with E-state index >= 15 is 0 Å². The molecule has 0 spiro atoms. The molecule has 1 unspecified atom stereocenters. The van der Waals surface area contributed by atoms with Crippen LogP contribution in [0, 0.1) is 5.92 Å². The zero-order chi connectivity index (χ0) is 33.0. The van der Waals surface area contributed by atoms with E-state index in [0.717, 1.165) is 0 Å². The van der Waals surface area contributed by atoms with Gasteiger partial charge in [0.15, 0.2) is 24.0 Å². The van der Waals surface area contributed by atoms with Gasteiger partial charge < -0.3 is 34.9 Å². The highest BCUT2D eigenvalue weighted by atomic mass is 31.2. The first-order valence-electron chi connectivity index (χ1n) is 14.1. The average Bonchev–Trinajstić information content (AvgIpc) is 3.42. The van der Waals surface area contributed by atoms with Crippen molar-refractivity contribution in [1.29, 1.82) is 0 Å². The predicted molar refractivity (Wildman–Crippen MR) is 155 cm³/mol. The van der Waals surface area contributed by atoms with E-state index in [2.05, 4.69) is 20.0 Å². The molecule has 3 rings (SSSR count). The maximum absolute atomic E-state index is 14.0. The van der Waals surface area contributed by atoms with Crippen LogP contribution in [-0.4, -0.2) is 98.1 Å². The standard InChI is InChI=1S/C26H43N6O11P/c1-13(2)9-16(23(35)42-15(5)6)31-44(37,40-11-18(33)41-14(3)4)39-10-17-20(34)26(7,36)24(43-17)32-12-28-19-21(32)29-25(27)30-22(19)38-8/h12-17,20,24,34,36H,9-11H2,1-8H3,(H,31,37)(H2,27,29,30)/t16-,17+,20+,24+,26+,44?/m0/s1. The molecule has 1 saturated heterocycles. The number of carbonyl (C=O) groups is 2. The summed E-state index contributed by atoms with van der Waals surface area (Å²) < 4.78 is 47.9. The molecular weight excluding hydrogens is 603 g/mol. The fraction of sp³-hybridized carbons (Fsp3) is 0.731. The summed E-state index contributed by atoms with van der Waals surface area (Å²) in [5.74, 6) is -1.59. The number of nitrogen functional groups attached to an aromatic ring is 1. The van der Waals surface area contributed by atoms with Crippen molar-refractivity contribution in [1.82, 2.24) is 24.6 Å². The lowest BCUT2D eigenvalue weighted by molar-refractivity contribution is -0.150. The number of aromatic nitrogens is 4. The number of aliphatic hydroxyl groups is 2. The molecule has 2 aromatic heterocycles. The van der Waals surface area contributed by atoms with E-state index in [-0.39, 0.29) is 35.3 Å². The molecule has 18 heteroatoms. The van der Waals surface area contributed by atoms with Crippen molar-refractivity contribution in [2.24, 2.45) is 5.92 Å². The molecule has 0 bridgehead atoms. The predicted octanol–water partition coefficient (Wildman–Crippen LogP) is 1.48. The summed E-state index contributed by atoms with van der Waals surface area (Å²) in [7, 11) is -3.10. The van der Waals surface area contributed by atoms with Gasteiger partial charge in [-0.05, 0) is 47.0 Å². The highest BCUT2D eigenvalue weighted by molar-refractivity contribution is 7.51. The number of esters is 2. The highest BCUT2D eigenvalue weighted by Crippen LogP contribution is 2.47. The Bertz CT molecular complexity index is 1350. The quantitative estimate of drug-likeness (QED) is 0.159. The van der Waals surface area contributed by atoms with Gasteiger partial charge in [-0.15, -0.1) is 0 Å². The number of fused-ring (bicyclic) bond motifs is 1. The molecule has 6 atom stereocenters. The Labute approximate surface area is 255 Å². The molecule has 0 amide bonds. The van der Waals surface area contributed by atoms with Crippen molar-refractivity contribution in [3.8, 4) is 5.88 Å². The second kappa shape index (κ2) is 14.5. The molecule has 0 saturated carbocycles. The van der Waals surface area contributed by atoms with Crippen molar-refractivity contribution >= 4 is 36.8 Å². The van der Waals surface area contributed by atoms with Crippen LogP contribution in [0.5, 0.6) is 5.88 Å². The second-order valence-corrected chi connectivity index (χ2v) is 13.3. The van der Waals surface area contributed by atoms with Crippen LogP contribution in [0.4, 0.5) is 5.95 Å². The van der Waals surface area contributed by atoms with E-state index < -0.39 is 75.2 Å². The first kappa shape index (κ1) is 35.6. The molecule has 44 heavy (non-hydrogen) atoms. The van der Waals surface area contributed by atoms with Gasteiger partial charge in [0.25, 0.3) is 0 Å². The number of rotatable bonds is 15. The summed E-state index contributed by atoms with van der Waals surface area (Å²) in [6, 6.07) is -1.13. The van der Waals surface area contributed by atoms with E-state index in [1.54, 1.807) is 27.7 Å². The van der Waals surface area contributed by atoms with Gasteiger partial charge in [0.05, 0.1) is 32.3 Å². The van der Waals surface area contributed by atoms with Gasteiger partial charge in [-0.25, -0.2) is 19.4 Å². The normalized spacial score (nSPS) is 24.2. The molecule has 0 aliphatic carbocycles. The van der Waals surface area contributed by atoms with Gasteiger partial charge in [0.2, 0.25) is 11.8 Å². The maximum Gasteiger partial charge on any atom is 0.406 e. The third-order valence-corrected chi connectivity index (χ3v) is 7.98. The van der Waals surface area contributed by atoms with Crippen LogP contribution in [0.2, 0.25) is 0 Å². The highest BCUT2D eigenvalue weighted by Gasteiger charge is 2.54. The summed E-state index contributed by atoms with van der Waals surface area (Å²) in [4.78, 5) is 37.4. The Hall–Kier alpha value is -2.92. The summed E-state index contributed by atoms with van der Waals surface area (Å²) in [6.45, 7) is 10.3. The first-order chi connectivity index (χ1) is 20.5. The Morgan fingerprint density at radius 1 is 1.16 bits per heavy atom. The lowest BCUT2D eigenvalue weighted by Gasteiger charge is -2.28. The third-order valence-electron chi connectivity index (χ3n) is 6.39. The SMILES string of the molecule is COc1nc(N)nc2c1ncn2[C@@H]1O[C@H](COP(=O)(N[C@@H](CC(C)C)C(=O)OC(C)C)OCC(=O)OC(C)C)[C@@H](O)[C@@]1(C)O. The zero-order valence-corrected chi connectivity index (χ0v) is 27.0. The van der Waals surface area contributed by atoms with Gasteiger partial charge in [0, 0.05) is 0 Å². The molecule has 2 aromatic rings. The molecule has 1 aliphatic rings. The minimum atomic E-state index is -4.48. The lowest BCUT2D eigenvalue weighted by Crippen LogP contribution is -2.44. The lowest BCUT2D eigenvalue weighted by atomic mass is 9.96. The number of carbonyl (C=O) groups excluding carboxylic acids is 2. The van der Waals surface area contributed by atoms with Crippen LogP contribution in [0.1, 0.15) is 61.1 Å². The first-order valence-corrected chi connectivity index (χ1v) is 15.7. The van der Waals surface area contributed by atoms with Gasteiger partial charge >= 0.3 is 19.7 Å². The van der Waals surface area contributed by atoms with E-state index in [0.29, 0.717) is 0 Å². The Morgan fingerprint density at radius 3 is 2.41 bits per heavy atom. The summed E-state index contributed by atoms with van der Waals surface area (Å²) in [5, 5.41) is 24.9. The molecule has 0 aromatic carbocycles. The molecule has 5 N–H and O–H groups in total. The van der Waals surface area contributed by atoms with Crippen LogP contribution in [0.15, 0.2) is 6.33 Å². The van der Waals surface area contributed by atoms with Crippen LogP contribution in [0.25, 0.3) is 11.2 Å². The molecule has 0 radical (unpaired) electrons. The molecule has 17 nitrogen and oxygen atoms in total. The van der Waals surface area contributed by atoms with Crippen molar-refractivity contribution in [3.05, 3.63) is 6.33 Å². The minimum Gasteiger partial charge on any atom is -0.479 e. The number of ether oxygens (including phenoxy) is 4. The van der Waals surface area contributed by atoms with Crippen molar-refractivity contribution in [2.75, 3.05) is 26.1 Å². The van der Waals surface area contributed by atoms with Gasteiger partial charge in [-0.2, -0.15) is 9.97 Å². The number of aliphatic hydroxyl groups excluding tert-OH is 1. The molecule has 3 heterocycles. The van der Waals surface area contributed by atoms with Crippen molar-refractivity contribution < 1.29 is 52.4 Å². The van der Waals surface area contributed by atoms with Gasteiger partial charge in [-0.1, -0.05) is 13.8 Å². The Balaban J connectivity index is 1.86. The Morgan fingerprint density at radius 2 is 1.82 bits per heavy atom. The number of nitrogens with one attached hydrogen (secondary N) is 1. The minimum absolute atomic E-state index is 0.0381. The summed E-state index contributed by atoms with van der Waals surface area (Å²) >= 11 is 0. The van der Waals surface area contributed by atoms with E-state index in [1.807, 2.05) is 13.8 Å². The molecule has 1 fully saturated rings. The smallest absolute Gasteiger partial charge is 0.406 e. The van der Waals surface area contributed by atoms with Crippen LogP contribution >= 0.6 is 7.75 Å². The second-order valence-electron chi connectivity index (χ2n) is 11.5. The number of hydrogen-bond acceptors (Lipinski definition) is 15. The molecule has 1 aliphatic heterocycles. The fourth-order valence-electron chi connectivity index (χ4n) is 4.49. The van der Waals surface area contributed by atoms with Crippen LogP contribution in [0.3, 0.4) is 0 Å². The number of imidazole rings is 1.